The smallest absolute Gasteiger partial charge is 0.342 e. The van der Waals surface area contributed by atoms with E-state index >= 15 is 0 Å². The molecule has 2 aromatic rings. The van der Waals surface area contributed by atoms with Crippen LogP contribution < -0.4 is 23.7 Å². The third-order valence-electron chi connectivity index (χ3n) is 3.95. The molecule has 8 heteroatoms. The van der Waals surface area contributed by atoms with Crippen LogP contribution in [0.4, 0.5) is 0 Å². The zero-order valence-electron chi connectivity index (χ0n) is 15.2. The molecule has 0 bridgehead atoms. The molecule has 0 aromatic heterocycles. The Labute approximate surface area is 161 Å². The van der Waals surface area contributed by atoms with Crippen LogP contribution >= 0.6 is 11.6 Å². The molecular formula is C19H19ClO7. The number of methoxy groups -OCH3 is 3. The average molecular weight is 395 g/mol. The summed E-state index contributed by atoms with van der Waals surface area (Å²) in [5, 5.41) is 0.405. The van der Waals surface area contributed by atoms with Crippen LogP contribution in [-0.2, 0) is 11.3 Å². The third kappa shape index (κ3) is 3.98. The Morgan fingerprint density at radius 3 is 2.33 bits per heavy atom. The Kier molecular flexibility index (Phi) is 5.81. The van der Waals surface area contributed by atoms with Crippen molar-refractivity contribution >= 4 is 17.6 Å². The van der Waals surface area contributed by atoms with Gasteiger partial charge in [0.1, 0.15) is 31.1 Å². The molecule has 0 saturated heterocycles. The summed E-state index contributed by atoms with van der Waals surface area (Å²) in [6.45, 7) is 0.891. The van der Waals surface area contributed by atoms with Crippen LogP contribution in [-0.4, -0.2) is 40.5 Å². The van der Waals surface area contributed by atoms with Gasteiger partial charge < -0.3 is 28.4 Å². The predicted molar refractivity (Wildman–Crippen MR) is 97.7 cm³/mol. The minimum Gasteiger partial charge on any atom is -0.496 e. The van der Waals surface area contributed by atoms with Gasteiger partial charge in [0.2, 0.25) is 0 Å². The maximum absolute atomic E-state index is 12.6. The Morgan fingerprint density at radius 2 is 1.63 bits per heavy atom. The topological polar surface area (TPSA) is 72.5 Å². The lowest BCUT2D eigenvalue weighted by Crippen LogP contribution is -2.16. The molecule has 0 amide bonds. The summed E-state index contributed by atoms with van der Waals surface area (Å²) in [5.74, 6) is 1.62. The highest BCUT2D eigenvalue weighted by atomic mass is 35.5. The summed E-state index contributed by atoms with van der Waals surface area (Å²) in [7, 11) is 4.44. The third-order valence-corrected chi connectivity index (χ3v) is 4.23. The summed E-state index contributed by atoms with van der Waals surface area (Å²) in [6.07, 6.45) is 0. The summed E-state index contributed by atoms with van der Waals surface area (Å²) in [4.78, 5) is 12.6. The highest BCUT2D eigenvalue weighted by Crippen LogP contribution is 2.39. The van der Waals surface area contributed by atoms with E-state index in [0.29, 0.717) is 52.5 Å². The summed E-state index contributed by atoms with van der Waals surface area (Å²) in [5.41, 5.74) is 0.899. The fraction of sp³-hybridized carbons (Fsp3) is 0.316. The number of hydrogen-bond acceptors (Lipinski definition) is 7. The van der Waals surface area contributed by atoms with Gasteiger partial charge in [-0.2, -0.15) is 0 Å². The van der Waals surface area contributed by atoms with Gasteiger partial charge in [0.05, 0.1) is 26.4 Å². The van der Waals surface area contributed by atoms with Crippen LogP contribution in [0.15, 0.2) is 24.3 Å². The van der Waals surface area contributed by atoms with Crippen molar-refractivity contribution in [1.29, 1.82) is 0 Å². The maximum atomic E-state index is 12.6. The maximum Gasteiger partial charge on any atom is 0.342 e. The fourth-order valence-electron chi connectivity index (χ4n) is 2.66. The van der Waals surface area contributed by atoms with E-state index < -0.39 is 5.97 Å². The predicted octanol–water partition coefficient (Wildman–Crippen LogP) is 3.49. The molecule has 0 atom stereocenters. The van der Waals surface area contributed by atoms with E-state index in [9.17, 15) is 4.79 Å². The molecule has 0 aliphatic carbocycles. The minimum absolute atomic E-state index is 0.00664. The Morgan fingerprint density at radius 1 is 0.963 bits per heavy atom. The van der Waals surface area contributed by atoms with Crippen molar-refractivity contribution in [2.24, 2.45) is 0 Å². The number of ether oxygens (including phenoxy) is 6. The van der Waals surface area contributed by atoms with Crippen LogP contribution in [0, 0.1) is 0 Å². The van der Waals surface area contributed by atoms with Crippen molar-refractivity contribution in [2.75, 3.05) is 34.5 Å². The van der Waals surface area contributed by atoms with Crippen molar-refractivity contribution in [3.63, 3.8) is 0 Å². The van der Waals surface area contributed by atoms with E-state index in [1.54, 1.807) is 18.2 Å². The largest absolute Gasteiger partial charge is 0.496 e. The first-order valence-electron chi connectivity index (χ1n) is 8.12. The molecule has 0 fully saturated rings. The van der Waals surface area contributed by atoms with Crippen molar-refractivity contribution in [3.8, 4) is 28.7 Å². The molecule has 1 aliphatic rings. The summed E-state index contributed by atoms with van der Waals surface area (Å²) in [6, 6.07) is 6.49. The van der Waals surface area contributed by atoms with Gasteiger partial charge in [0.15, 0.2) is 23.0 Å². The van der Waals surface area contributed by atoms with Gasteiger partial charge in [-0.25, -0.2) is 4.79 Å². The molecule has 0 saturated carbocycles. The molecule has 1 aliphatic heterocycles. The van der Waals surface area contributed by atoms with Crippen molar-refractivity contribution < 1.29 is 33.2 Å². The second-order valence-corrected chi connectivity index (χ2v) is 5.99. The van der Waals surface area contributed by atoms with Gasteiger partial charge >= 0.3 is 5.97 Å². The quantitative estimate of drug-likeness (QED) is 0.694. The first kappa shape index (κ1) is 19.0. The number of hydrogen-bond donors (Lipinski definition) is 0. The molecule has 1 heterocycles. The molecule has 0 radical (unpaired) electrons. The van der Waals surface area contributed by atoms with Crippen LogP contribution in [0.2, 0.25) is 5.02 Å². The van der Waals surface area contributed by atoms with E-state index in [2.05, 4.69) is 0 Å². The zero-order chi connectivity index (χ0) is 19.4. The van der Waals surface area contributed by atoms with Crippen molar-refractivity contribution in [2.45, 2.75) is 6.61 Å². The van der Waals surface area contributed by atoms with Crippen LogP contribution in [0.25, 0.3) is 0 Å². The van der Waals surface area contributed by atoms with Gasteiger partial charge in [-0.05, 0) is 17.7 Å². The van der Waals surface area contributed by atoms with Crippen LogP contribution in [0.3, 0.4) is 0 Å². The molecule has 0 spiro atoms. The SMILES string of the molecule is COc1cc(OC)c(C(=O)OCc2cc(Cl)c3c(c2)OCCO3)cc1OC. The van der Waals surface area contributed by atoms with Crippen LogP contribution in [0.1, 0.15) is 15.9 Å². The van der Waals surface area contributed by atoms with Gasteiger partial charge in [0.25, 0.3) is 0 Å². The first-order chi connectivity index (χ1) is 13.1. The number of esters is 1. The molecule has 144 valence electrons. The number of benzene rings is 2. The van der Waals surface area contributed by atoms with E-state index in [1.165, 1.54) is 27.4 Å². The highest BCUT2D eigenvalue weighted by molar-refractivity contribution is 6.32. The number of carbonyl (C=O) groups excluding carboxylic acids is 1. The second-order valence-electron chi connectivity index (χ2n) is 5.59. The Hall–Kier alpha value is -2.80. The summed E-state index contributed by atoms with van der Waals surface area (Å²) < 4.78 is 32.1. The van der Waals surface area contributed by atoms with Gasteiger partial charge in [0, 0.05) is 12.1 Å². The lowest BCUT2D eigenvalue weighted by molar-refractivity contribution is 0.0468. The Balaban J connectivity index is 1.79. The van der Waals surface area contributed by atoms with Gasteiger partial charge in [-0.1, -0.05) is 11.6 Å². The molecule has 0 unspecified atom stereocenters. The molecule has 2 aromatic carbocycles. The number of rotatable bonds is 6. The molecule has 0 N–H and O–H groups in total. The average Bonchev–Trinajstić information content (AvgIpc) is 2.70. The monoisotopic (exact) mass is 394 g/mol. The fourth-order valence-corrected chi connectivity index (χ4v) is 2.95. The van der Waals surface area contributed by atoms with Crippen molar-refractivity contribution in [1.82, 2.24) is 0 Å². The van der Waals surface area contributed by atoms with Crippen LogP contribution in [0.5, 0.6) is 28.7 Å². The molecule has 27 heavy (non-hydrogen) atoms. The van der Waals surface area contributed by atoms with Crippen molar-refractivity contribution in [3.05, 3.63) is 40.4 Å². The second kappa shape index (κ2) is 8.26. The number of halogens is 1. The van der Waals surface area contributed by atoms with E-state index in [4.69, 9.17) is 40.0 Å². The molecular weight excluding hydrogens is 376 g/mol. The van der Waals surface area contributed by atoms with Gasteiger partial charge in [-0.3, -0.25) is 0 Å². The number of carbonyl (C=O) groups is 1. The normalized spacial score (nSPS) is 12.3. The minimum atomic E-state index is -0.571. The molecule has 3 rings (SSSR count). The first-order valence-corrected chi connectivity index (χ1v) is 8.50. The van der Waals surface area contributed by atoms with E-state index in [0.717, 1.165) is 0 Å². The zero-order valence-corrected chi connectivity index (χ0v) is 15.9. The molecule has 7 nitrogen and oxygen atoms in total. The lowest BCUT2D eigenvalue weighted by atomic mass is 10.1. The lowest BCUT2D eigenvalue weighted by Gasteiger charge is -2.20. The highest BCUT2D eigenvalue weighted by Gasteiger charge is 2.21. The number of fused-ring (bicyclic) bond motifs is 1. The summed E-state index contributed by atoms with van der Waals surface area (Å²) >= 11 is 6.20. The standard InChI is InChI=1S/C19H19ClO7/c1-22-14-9-16(24-3)15(23-2)8-12(14)19(21)27-10-11-6-13(20)18-17(7-11)25-4-5-26-18/h6-9H,4-5,10H2,1-3H3. The van der Waals surface area contributed by atoms with Gasteiger partial charge in [-0.15, -0.1) is 0 Å². The van der Waals surface area contributed by atoms with E-state index in [1.807, 2.05) is 0 Å². The van der Waals surface area contributed by atoms with E-state index in [-0.39, 0.29) is 12.2 Å². The Bertz CT molecular complexity index is 850.